The molecule has 1 rings (SSSR count). The second-order valence-electron chi connectivity index (χ2n) is 3.97. The van der Waals surface area contributed by atoms with Crippen LogP contribution in [-0.2, 0) is 15.6 Å². The Labute approximate surface area is 108 Å². The molecule has 1 aromatic rings. The maximum Gasteiger partial charge on any atom is 0.188 e. The molecule has 6 heteroatoms. The summed E-state index contributed by atoms with van der Waals surface area (Å²) in [5, 5.41) is 2.83. The van der Waals surface area contributed by atoms with Gasteiger partial charge in [0.15, 0.2) is 15.8 Å². The lowest BCUT2D eigenvalue weighted by molar-refractivity contribution is 0.592. The molecule has 1 aromatic carbocycles. The Hall–Kier alpha value is -1.56. The highest BCUT2D eigenvalue weighted by atomic mass is 32.2. The van der Waals surface area contributed by atoms with E-state index in [1.54, 1.807) is 7.05 Å². The van der Waals surface area contributed by atoms with E-state index in [0.29, 0.717) is 18.9 Å². The molecule has 18 heavy (non-hydrogen) atoms. The van der Waals surface area contributed by atoms with Gasteiger partial charge in [-0.2, -0.15) is 0 Å². The quantitative estimate of drug-likeness (QED) is 0.448. The minimum Gasteiger partial charge on any atom is -0.370 e. The number of hydrogen-bond donors (Lipinski definition) is 2. The SMILES string of the molecule is CN=C(N)NCCCS(=O)(=O)Cc1ccccc1. The van der Waals surface area contributed by atoms with E-state index in [1.165, 1.54) is 0 Å². The fourth-order valence-corrected chi connectivity index (χ4v) is 2.92. The zero-order valence-corrected chi connectivity index (χ0v) is 11.3. The molecule has 0 atom stereocenters. The Morgan fingerprint density at radius 1 is 1.33 bits per heavy atom. The van der Waals surface area contributed by atoms with Gasteiger partial charge in [0, 0.05) is 13.6 Å². The molecule has 0 saturated heterocycles. The largest absolute Gasteiger partial charge is 0.370 e. The van der Waals surface area contributed by atoms with E-state index < -0.39 is 9.84 Å². The van der Waals surface area contributed by atoms with Gasteiger partial charge in [-0.25, -0.2) is 8.42 Å². The van der Waals surface area contributed by atoms with Crippen molar-refractivity contribution in [2.75, 3.05) is 19.3 Å². The van der Waals surface area contributed by atoms with E-state index in [4.69, 9.17) is 5.73 Å². The van der Waals surface area contributed by atoms with Crippen molar-refractivity contribution in [3.63, 3.8) is 0 Å². The first-order valence-electron chi connectivity index (χ1n) is 5.74. The summed E-state index contributed by atoms with van der Waals surface area (Å²) >= 11 is 0. The molecule has 0 unspecified atom stereocenters. The van der Waals surface area contributed by atoms with Crippen LogP contribution < -0.4 is 11.1 Å². The van der Waals surface area contributed by atoms with Gasteiger partial charge in [0.25, 0.3) is 0 Å². The van der Waals surface area contributed by atoms with Gasteiger partial charge < -0.3 is 11.1 Å². The first-order valence-corrected chi connectivity index (χ1v) is 7.56. The molecule has 0 spiro atoms. The molecule has 0 radical (unpaired) electrons. The van der Waals surface area contributed by atoms with Crippen molar-refractivity contribution in [3.05, 3.63) is 35.9 Å². The Kier molecular flexibility index (Phi) is 5.64. The van der Waals surface area contributed by atoms with Crippen molar-refractivity contribution in [1.82, 2.24) is 5.32 Å². The van der Waals surface area contributed by atoms with Crippen LogP contribution in [0, 0.1) is 0 Å². The molecule has 0 fully saturated rings. The minimum absolute atomic E-state index is 0.0885. The Morgan fingerprint density at radius 2 is 2.00 bits per heavy atom. The number of sulfone groups is 1. The summed E-state index contributed by atoms with van der Waals surface area (Å²) in [6.45, 7) is 0.511. The number of benzene rings is 1. The number of nitrogens with zero attached hydrogens (tertiary/aromatic N) is 1. The minimum atomic E-state index is -3.06. The van der Waals surface area contributed by atoms with Crippen LogP contribution in [0.1, 0.15) is 12.0 Å². The molecule has 0 bridgehead atoms. The molecule has 100 valence electrons. The summed E-state index contributed by atoms with van der Waals surface area (Å²) < 4.78 is 23.6. The Balaban J connectivity index is 2.37. The van der Waals surface area contributed by atoms with Gasteiger partial charge in [-0.15, -0.1) is 0 Å². The van der Waals surface area contributed by atoms with Crippen LogP contribution in [0.3, 0.4) is 0 Å². The van der Waals surface area contributed by atoms with Crippen LogP contribution in [0.25, 0.3) is 0 Å². The molecule has 0 aromatic heterocycles. The van der Waals surface area contributed by atoms with Crippen LogP contribution in [0.15, 0.2) is 35.3 Å². The van der Waals surface area contributed by atoms with E-state index in [1.807, 2.05) is 30.3 Å². The Bertz CT molecular complexity index is 483. The van der Waals surface area contributed by atoms with Crippen molar-refractivity contribution in [2.24, 2.45) is 10.7 Å². The molecule has 0 amide bonds. The molecule has 0 heterocycles. The van der Waals surface area contributed by atoms with Crippen LogP contribution in [0.2, 0.25) is 0 Å². The summed E-state index contributed by atoms with van der Waals surface area (Å²) in [6, 6.07) is 9.18. The molecule has 0 aliphatic rings. The lowest BCUT2D eigenvalue weighted by atomic mass is 10.2. The topological polar surface area (TPSA) is 84.5 Å². The zero-order chi connectivity index (χ0) is 13.4. The average molecular weight is 269 g/mol. The second kappa shape index (κ2) is 7.00. The number of nitrogens with one attached hydrogen (secondary N) is 1. The van der Waals surface area contributed by atoms with Crippen molar-refractivity contribution in [1.29, 1.82) is 0 Å². The van der Waals surface area contributed by atoms with Crippen LogP contribution in [0.5, 0.6) is 0 Å². The first-order chi connectivity index (χ1) is 8.53. The smallest absolute Gasteiger partial charge is 0.188 e. The number of nitrogens with two attached hydrogens (primary N) is 1. The van der Waals surface area contributed by atoms with Crippen LogP contribution >= 0.6 is 0 Å². The lowest BCUT2D eigenvalue weighted by Gasteiger charge is -2.06. The number of rotatable bonds is 6. The standard InChI is InChI=1S/C12H19N3O2S/c1-14-12(13)15-8-5-9-18(16,17)10-11-6-3-2-4-7-11/h2-4,6-7H,5,8-10H2,1H3,(H3,13,14,15). The predicted molar refractivity (Wildman–Crippen MR) is 74.1 cm³/mol. The average Bonchev–Trinajstić information content (AvgIpc) is 2.35. The van der Waals surface area contributed by atoms with Gasteiger partial charge in [-0.05, 0) is 12.0 Å². The number of guanidine groups is 1. The van der Waals surface area contributed by atoms with E-state index in [2.05, 4.69) is 10.3 Å². The monoisotopic (exact) mass is 269 g/mol. The summed E-state index contributed by atoms with van der Waals surface area (Å²) in [5.74, 6) is 0.562. The zero-order valence-electron chi connectivity index (χ0n) is 10.5. The Morgan fingerprint density at radius 3 is 2.61 bits per heavy atom. The predicted octanol–water partition coefficient (Wildman–Crippen LogP) is 0.526. The third-order valence-corrected chi connectivity index (χ3v) is 4.09. The van der Waals surface area contributed by atoms with Crippen LogP contribution in [-0.4, -0.2) is 33.7 Å². The fourth-order valence-electron chi connectivity index (χ4n) is 1.49. The van der Waals surface area contributed by atoms with Crippen LogP contribution in [0.4, 0.5) is 0 Å². The van der Waals surface area contributed by atoms with Crippen molar-refractivity contribution in [3.8, 4) is 0 Å². The third-order valence-electron chi connectivity index (χ3n) is 2.41. The highest BCUT2D eigenvalue weighted by Crippen LogP contribution is 2.06. The number of hydrogen-bond acceptors (Lipinski definition) is 3. The highest BCUT2D eigenvalue weighted by molar-refractivity contribution is 7.90. The molecular formula is C12H19N3O2S. The molecule has 0 saturated carbocycles. The van der Waals surface area contributed by atoms with Crippen molar-refractivity contribution >= 4 is 15.8 Å². The summed E-state index contributed by atoms with van der Waals surface area (Å²) in [5.41, 5.74) is 6.26. The fraction of sp³-hybridized carbons (Fsp3) is 0.417. The number of aliphatic imine (C=N–C) groups is 1. The maximum atomic E-state index is 11.8. The molecule has 5 nitrogen and oxygen atoms in total. The van der Waals surface area contributed by atoms with Gasteiger partial charge >= 0.3 is 0 Å². The maximum absolute atomic E-state index is 11.8. The van der Waals surface area contributed by atoms with Gasteiger partial charge in [0.1, 0.15) is 0 Å². The molecule has 0 aliphatic carbocycles. The summed E-state index contributed by atoms with van der Waals surface area (Å²) in [4.78, 5) is 3.72. The second-order valence-corrected chi connectivity index (χ2v) is 6.15. The van der Waals surface area contributed by atoms with E-state index in [0.717, 1.165) is 5.56 Å². The lowest BCUT2D eigenvalue weighted by Crippen LogP contribution is -2.32. The normalized spacial score (nSPS) is 12.4. The van der Waals surface area contributed by atoms with Gasteiger partial charge in [-0.3, -0.25) is 4.99 Å². The molecular weight excluding hydrogens is 250 g/mol. The van der Waals surface area contributed by atoms with Gasteiger partial charge in [0.2, 0.25) is 0 Å². The highest BCUT2D eigenvalue weighted by Gasteiger charge is 2.11. The summed E-state index contributed by atoms with van der Waals surface area (Å²) in [6.07, 6.45) is 0.519. The molecule has 3 N–H and O–H groups in total. The first kappa shape index (κ1) is 14.5. The molecule has 0 aliphatic heterocycles. The van der Waals surface area contributed by atoms with Gasteiger partial charge in [-0.1, -0.05) is 30.3 Å². The van der Waals surface area contributed by atoms with E-state index >= 15 is 0 Å². The summed E-state index contributed by atoms with van der Waals surface area (Å²) in [7, 11) is -1.48. The van der Waals surface area contributed by atoms with E-state index in [9.17, 15) is 8.42 Å². The van der Waals surface area contributed by atoms with Gasteiger partial charge in [0.05, 0.1) is 11.5 Å². The van der Waals surface area contributed by atoms with Crippen molar-refractivity contribution in [2.45, 2.75) is 12.2 Å². The third kappa shape index (κ3) is 5.67. The van der Waals surface area contributed by atoms with E-state index in [-0.39, 0.29) is 11.5 Å². The van der Waals surface area contributed by atoms with Crippen molar-refractivity contribution < 1.29 is 8.42 Å².